The molecule has 3 rings (SSSR count). The van der Waals surface area contributed by atoms with Crippen molar-refractivity contribution in [1.82, 2.24) is 4.98 Å². The number of hydrogen-bond donors (Lipinski definition) is 0. The molecule has 1 aromatic heterocycles. The Hall–Kier alpha value is -2.21. The van der Waals surface area contributed by atoms with E-state index in [9.17, 15) is 17.6 Å². The molecule has 0 N–H and O–H groups in total. The van der Waals surface area contributed by atoms with Gasteiger partial charge < -0.3 is 0 Å². The van der Waals surface area contributed by atoms with E-state index in [0.29, 0.717) is 0 Å². The van der Waals surface area contributed by atoms with Gasteiger partial charge in [0, 0.05) is 11.1 Å². The van der Waals surface area contributed by atoms with Gasteiger partial charge in [0.1, 0.15) is 21.9 Å². The van der Waals surface area contributed by atoms with Crippen LogP contribution < -0.4 is 0 Å². The van der Waals surface area contributed by atoms with Crippen molar-refractivity contribution in [1.29, 1.82) is 0 Å². The zero-order chi connectivity index (χ0) is 16.6. The molecular weight excluding hydrogens is 374 g/mol. The van der Waals surface area contributed by atoms with E-state index in [1.165, 1.54) is 36.4 Å². The van der Waals surface area contributed by atoms with Gasteiger partial charge in [-0.2, -0.15) is 0 Å². The van der Waals surface area contributed by atoms with Crippen molar-refractivity contribution in [2.24, 2.45) is 0 Å². The second-order valence-electron chi connectivity index (χ2n) is 4.71. The van der Waals surface area contributed by atoms with Crippen LogP contribution in [-0.4, -0.2) is 4.98 Å². The average molecular weight is 382 g/mol. The molecule has 116 valence electrons. The van der Waals surface area contributed by atoms with Crippen molar-refractivity contribution in [3.63, 3.8) is 0 Å². The minimum Gasteiger partial charge on any atom is -0.235 e. The molecule has 0 unspecified atom stereocenters. The Morgan fingerprint density at radius 1 is 0.696 bits per heavy atom. The molecule has 6 heteroatoms. The molecule has 0 spiro atoms. The van der Waals surface area contributed by atoms with Crippen LogP contribution in [0.25, 0.3) is 22.4 Å². The smallest absolute Gasteiger partial charge is 0.166 e. The lowest BCUT2D eigenvalue weighted by molar-refractivity contribution is 0.568. The molecule has 0 aliphatic heterocycles. The fourth-order valence-corrected chi connectivity index (χ4v) is 2.62. The molecule has 0 atom stereocenters. The van der Waals surface area contributed by atoms with Crippen LogP contribution in [0.3, 0.4) is 0 Å². The van der Waals surface area contributed by atoms with Crippen LogP contribution in [0.1, 0.15) is 0 Å². The highest BCUT2D eigenvalue weighted by molar-refractivity contribution is 9.10. The third-order valence-corrected chi connectivity index (χ3v) is 3.84. The Morgan fingerprint density at radius 2 is 1.22 bits per heavy atom. The number of aromatic nitrogens is 1. The maximum absolute atomic E-state index is 14.8. The summed E-state index contributed by atoms with van der Waals surface area (Å²) in [6, 6.07) is 10.6. The maximum atomic E-state index is 14.8. The summed E-state index contributed by atoms with van der Waals surface area (Å²) >= 11 is 2.88. The molecule has 0 fully saturated rings. The van der Waals surface area contributed by atoms with Gasteiger partial charge in [-0.15, -0.1) is 0 Å². The van der Waals surface area contributed by atoms with Crippen LogP contribution in [-0.2, 0) is 0 Å². The van der Waals surface area contributed by atoms with E-state index in [1.54, 1.807) is 0 Å². The standard InChI is InChI=1S/C17H8BrF4N/c18-17-15(22)13(9-5-1-3-7-11(9)19)14(21)16(23-17)10-6-2-4-8-12(10)20/h1-8H. The Morgan fingerprint density at radius 3 is 1.78 bits per heavy atom. The predicted octanol–water partition coefficient (Wildman–Crippen LogP) is 5.73. The Labute approximate surface area is 137 Å². The molecule has 0 amide bonds. The lowest BCUT2D eigenvalue weighted by atomic mass is 10.0. The quantitative estimate of drug-likeness (QED) is 0.407. The minimum absolute atomic E-state index is 0.136. The minimum atomic E-state index is -1.12. The molecule has 0 bridgehead atoms. The second-order valence-corrected chi connectivity index (χ2v) is 5.47. The van der Waals surface area contributed by atoms with Crippen molar-refractivity contribution in [3.05, 3.63) is 76.4 Å². The van der Waals surface area contributed by atoms with Crippen LogP contribution in [0.15, 0.2) is 53.1 Å². The summed E-state index contributed by atoms with van der Waals surface area (Å²) in [4.78, 5) is 3.72. The lowest BCUT2D eigenvalue weighted by Crippen LogP contribution is -2.02. The highest BCUT2D eigenvalue weighted by atomic mass is 79.9. The normalized spacial score (nSPS) is 10.8. The van der Waals surface area contributed by atoms with Crippen LogP contribution in [0.5, 0.6) is 0 Å². The number of nitrogens with zero attached hydrogens (tertiary/aromatic N) is 1. The van der Waals surface area contributed by atoms with Crippen molar-refractivity contribution in [2.75, 3.05) is 0 Å². The van der Waals surface area contributed by atoms with E-state index in [4.69, 9.17) is 0 Å². The molecule has 2 aromatic carbocycles. The first kappa shape index (κ1) is 15.7. The third-order valence-electron chi connectivity index (χ3n) is 3.31. The lowest BCUT2D eigenvalue weighted by Gasteiger charge is -2.12. The van der Waals surface area contributed by atoms with Crippen LogP contribution in [0.2, 0.25) is 0 Å². The first-order chi connectivity index (χ1) is 11.0. The van der Waals surface area contributed by atoms with Gasteiger partial charge in [-0.25, -0.2) is 22.5 Å². The van der Waals surface area contributed by atoms with E-state index in [1.807, 2.05) is 0 Å². The second kappa shape index (κ2) is 6.12. The van der Waals surface area contributed by atoms with Crippen LogP contribution >= 0.6 is 15.9 Å². The molecule has 3 aromatic rings. The van der Waals surface area contributed by atoms with Gasteiger partial charge in [0.2, 0.25) is 0 Å². The predicted molar refractivity (Wildman–Crippen MR) is 82.6 cm³/mol. The van der Waals surface area contributed by atoms with Crippen LogP contribution in [0, 0.1) is 23.3 Å². The molecule has 0 saturated carbocycles. The van der Waals surface area contributed by atoms with E-state index in [-0.39, 0.29) is 15.7 Å². The van der Waals surface area contributed by atoms with Gasteiger partial charge in [-0.05, 0) is 34.1 Å². The summed E-state index contributed by atoms with van der Waals surface area (Å²) in [7, 11) is 0. The van der Waals surface area contributed by atoms with Crippen molar-refractivity contribution in [3.8, 4) is 22.4 Å². The van der Waals surface area contributed by atoms with Gasteiger partial charge in [0.05, 0.1) is 5.56 Å². The van der Waals surface area contributed by atoms with Gasteiger partial charge in [-0.3, -0.25) is 0 Å². The summed E-state index contributed by atoms with van der Waals surface area (Å²) in [5, 5.41) is 0. The van der Waals surface area contributed by atoms with Crippen molar-refractivity contribution in [2.45, 2.75) is 0 Å². The summed E-state index contributed by atoms with van der Waals surface area (Å²) in [5.41, 5.74) is -1.38. The van der Waals surface area contributed by atoms with E-state index < -0.39 is 34.5 Å². The highest BCUT2D eigenvalue weighted by Crippen LogP contribution is 2.36. The molecule has 23 heavy (non-hydrogen) atoms. The molecule has 0 radical (unpaired) electrons. The van der Waals surface area contributed by atoms with Gasteiger partial charge in [0.25, 0.3) is 0 Å². The number of halogens is 5. The number of rotatable bonds is 2. The fourth-order valence-electron chi connectivity index (χ4n) is 2.25. The Balaban J connectivity index is 2.35. The maximum Gasteiger partial charge on any atom is 0.166 e. The average Bonchev–Trinajstić information content (AvgIpc) is 2.54. The monoisotopic (exact) mass is 381 g/mol. The topological polar surface area (TPSA) is 12.9 Å². The summed E-state index contributed by atoms with van der Waals surface area (Å²) in [5.74, 6) is -3.67. The van der Waals surface area contributed by atoms with E-state index in [2.05, 4.69) is 20.9 Å². The Kier molecular flexibility index (Phi) is 4.17. The molecule has 1 nitrogen and oxygen atoms in total. The number of pyridine rings is 1. The molecule has 0 aliphatic carbocycles. The number of hydrogen-bond acceptors (Lipinski definition) is 1. The van der Waals surface area contributed by atoms with E-state index in [0.717, 1.165) is 12.1 Å². The third kappa shape index (κ3) is 2.74. The first-order valence-corrected chi connectivity index (χ1v) is 7.34. The van der Waals surface area contributed by atoms with Gasteiger partial charge in [0.15, 0.2) is 11.6 Å². The van der Waals surface area contributed by atoms with Crippen molar-refractivity contribution < 1.29 is 17.6 Å². The van der Waals surface area contributed by atoms with Crippen LogP contribution in [0.4, 0.5) is 17.6 Å². The summed E-state index contributed by atoms with van der Waals surface area (Å²) in [6.45, 7) is 0. The first-order valence-electron chi connectivity index (χ1n) is 6.55. The number of benzene rings is 2. The highest BCUT2D eigenvalue weighted by Gasteiger charge is 2.24. The van der Waals surface area contributed by atoms with Gasteiger partial charge in [-0.1, -0.05) is 30.3 Å². The summed E-state index contributed by atoms with van der Waals surface area (Å²) in [6.07, 6.45) is 0. The fraction of sp³-hybridized carbons (Fsp3) is 0. The van der Waals surface area contributed by atoms with Crippen molar-refractivity contribution >= 4 is 15.9 Å². The molecule has 1 heterocycles. The zero-order valence-electron chi connectivity index (χ0n) is 11.5. The van der Waals surface area contributed by atoms with E-state index >= 15 is 0 Å². The summed E-state index contributed by atoms with van der Waals surface area (Å²) < 4.78 is 56.6. The molecule has 0 aliphatic rings. The largest absolute Gasteiger partial charge is 0.235 e. The molecular formula is C17H8BrF4N. The van der Waals surface area contributed by atoms with Gasteiger partial charge >= 0.3 is 0 Å². The molecule has 0 saturated heterocycles. The SMILES string of the molecule is Fc1ccccc1-c1nc(Br)c(F)c(-c2ccccc2F)c1F. The Bertz CT molecular complexity index is 896. The zero-order valence-corrected chi connectivity index (χ0v) is 13.0.